The molecule has 0 aliphatic rings. The van der Waals surface area contributed by atoms with E-state index in [4.69, 9.17) is 0 Å². The summed E-state index contributed by atoms with van der Waals surface area (Å²) in [5.74, 6) is 0.657. The number of rotatable bonds is 5. The van der Waals surface area contributed by atoms with Crippen LogP contribution in [0.25, 0.3) is 0 Å². The van der Waals surface area contributed by atoms with Gasteiger partial charge in [0.2, 0.25) is 0 Å². The maximum absolute atomic E-state index is 4.02. The van der Waals surface area contributed by atoms with Crippen LogP contribution in [0.1, 0.15) is 61.3 Å². The van der Waals surface area contributed by atoms with Gasteiger partial charge in [-0.3, -0.25) is 4.99 Å². The van der Waals surface area contributed by atoms with Gasteiger partial charge in [0.15, 0.2) is 0 Å². The lowest BCUT2D eigenvalue weighted by Crippen LogP contribution is -1.94. The van der Waals surface area contributed by atoms with Gasteiger partial charge in [0.1, 0.15) is 0 Å². The van der Waals surface area contributed by atoms with Crippen LogP contribution in [-0.2, 0) is 0 Å². The van der Waals surface area contributed by atoms with Gasteiger partial charge in [-0.15, -0.1) is 0 Å². The quantitative estimate of drug-likeness (QED) is 0.422. The van der Waals surface area contributed by atoms with E-state index in [1.165, 1.54) is 29.6 Å². The number of aliphatic imine (C=N–C) groups is 1. The van der Waals surface area contributed by atoms with Crippen LogP contribution in [0, 0.1) is 5.92 Å². The Labute approximate surface area is 114 Å². The minimum Gasteiger partial charge on any atom is -0.265 e. The Morgan fingerprint density at radius 1 is 1.11 bits per heavy atom. The van der Waals surface area contributed by atoms with E-state index in [1.807, 2.05) is 6.21 Å². The summed E-state index contributed by atoms with van der Waals surface area (Å²) in [4.78, 5) is 4.02. The third kappa shape index (κ3) is 10.1. The first-order valence-electron chi connectivity index (χ1n) is 6.94. The van der Waals surface area contributed by atoms with E-state index in [9.17, 15) is 0 Å². The Hall–Kier alpha value is -1.11. The van der Waals surface area contributed by atoms with E-state index >= 15 is 0 Å². The molecule has 0 bridgehead atoms. The molecule has 18 heavy (non-hydrogen) atoms. The average molecular weight is 249 g/mol. The standard InChI is InChI=1S/C14H23N.C3H8/c1-7-11(3)12(4)9-13(5)14(6)10-15-8-2;1-3-2/h8-11H,2,7H2,1,3-6H3;3H2,1-2H3/b12-9+,14-13+,15-10?;. The Morgan fingerprint density at radius 2 is 1.61 bits per heavy atom. The summed E-state index contributed by atoms with van der Waals surface area (Å²) in [5, 5.41) is 0. The molecule has 104 valence electrons. The van der Waals surface area contributed by atoms with Gasteiger partial charge in [-0.1, -0.05) is 52.3 Å². The third-order valence-corrected chi connectivity index (χ3v) is 2.83. The van der Waals surface area contributed by atoms with Crippen molar-refractivity contribution < 1.29 is 0 Å². The van der Waals surface area contributed by atoms with Crippen molar-refractivity contribution in [1.82, 2.24) is 0 Å². The number of hydrogen-bond donors (Lipinski definition) is 0. The van der Waals surface area contributed by atoms with E-state index in [0.29, 0.717) is 5.92 Å². The first-order valence-corrected chi connectivity index (χ1v) is 6.94. The second-order valence-electron chi connectivity index (χ2n) is 4.73. The van der Waals surface area contributed by atoms with Gasteiger partial charge in [0.05, 0.1) is 0 Å². The summed E-state index contributed by atoms with van der Waals surface area (Å²) >= 11 is 0. The number of hydrogen-bond acceptors (Lipinski definition) is 1. The molecule has 0 saturated carbocycles. The van der Waals surface area contributed by atoms with Crippen molar-refractivity contribution in [2.75, 3.05) is 0 Å². The van der Waals surface area contributed by atoms with Gasteiger partial charge in [-0.25, -0.2) is 0 Å². The van der Waals surface area contributed by atoms with Crippen LogP contribution in [0.3, 0.4) is 0 Å². The van der Waals surface area contributed by atoms with Crippen molar-refractivity contribution >= 4 is 6.21 Å². The Balaban J connectivity index is 0. The minimum atomic E-state index is 0.657. The molecule has 0 spiro atoms. The van der Waals surface area contributed by atoms with Crippen molar-refractivity contribution in [1.29, 1.82) is 0 Å². The maximum atomic E-state index is 4.02. The lowest BCUT2D eigenvalue weighted by Gasteiger charge is -2.09. The Bertz CT molecular complexity index is 306. The van der Waals surface area contributed by atoms with Crippen molar-refractivity contribution in [2.45, 2.75) is 61.3 Å². The summed E-state index contributed by atoms with van der Waals surface area (Å²) in [6.07, 6.45) is 8.10. The molecule has 1 nitrogen and oxygen atoms in total. The highest BCUT2D eigenvalue weighted by atomic mass is 14.7. The zero-order chi connectivity index (χ0) is 14.6. The highest BCUT2D eigenvalue weighted by Gasteiger charge is 2.01. The van der Waals surface area contributed by atoms with E-state index in [-0.39, 0.29) is 0 Å². The van der Waals surface area contributed by atoms with Crippen LogP contribution < -0.4 is 0 Å². The van der Waals surface area contributed by atoms with Crippen LogP contribution in [0.15, 0.2) is 40.6 Å². The molecule has 0 aromatic rings. The highest BCUT2D eigenvalue weighted by Crippen LogP contribution is 2.16. The molecule has 0 amide bonds. The molecular weight excluding hydrogens is 218 g/mol. The summed E-state index contributed by atoms with van der Waals surface area (Å²) in [6.45, 7) is 18.7. The molecule has 0 aliphatic carbocycles. The monoisotopic (exact) mass is 249 g/mol. The summed E-state index contributed by atoms with van der Waals surface area (Å²) in [7, 11) is 0. The first-order chi connectivity index (χ1) is 8.44. The molecule has 0 aliphatic heterocycles. The van der Waals surface area contributed by atoms with Crippen LogP contribution in [0.2, 0.25) is 0 Å². The largest absolute Gasteiger partial charge is 0.265 e. The predicted octanol–water partition coefficient (Wildman–Crippen LogP) is 5.95. The first kappa shape index (κ1) is 19.2. The van der Waals surface area contributed by atoms with E-state index in [0.717, 1.165) is 0 Å². The molecule has 1 atom stereocenters. The molecule has 1 heteroatoms. The van der Waals surface area contributed by atoms with E-state index < -0.39 is 0 Å². The van der Waals surface area contributed by atoms with Crippen molar-refractivity contribution in [3.05, 3.63) is 35.6 Å². The molecule has 0 radical (unpaired) electrons. The smallest absolute Gasteiger partial charge is 0.0299 e. The topological polar surface area (TPSA) is 12.4 Å². The third-order valence-electron chi connectivity index (χ3n) is 2.83. The molecule has 1 unspecified atom stereocenters. The van der Waals surface area contributed by atoms with Gasteiger partial charge < -0.3 is 0 Å². The number of allylic oxidation sites excluding steroid dienone is 4. The lowest BCUT2D eigenvalue weighted by atomic mass is 9.97. The fraction of sp³-hybridized carbons (Fsp3) is 0.588. The highest BCUT2D eigenvalue weighted by molar-refractivity contribution is 5.79. The molecule has 0 rings (SSSR count). The molecule has 0 saturated heterocycles. The second-order valence-corrected chi connectivity index (χ2v) is 4.73. The van der Waals surface area contributed by atoms with Gasteiger partial charge >= 0.3 is 0 Å². The SMILES string of the molecule is C=CN=C/C(C)=C(C)/C=C(\C)C(C)CC.CCC. The normalized spacial score (nSPS) is 14.7. The average Bonchev–Trinajstić information content (AvgIpc) is 2.35. The minimum absolute atomic E-state index is 0.657. The van der Waals surface area contributed by atoms with E-state index in [1.54, 1.807) is 6.20 Å². The predicted molar refractivity (Wildman–Crippen MR) is 86.2 cm³/mol. The Morgan fingerprint density at radius 3 is 2.00 bits per heavy atom. The molecule has 0 fully saturated rings. The van der Waals surface area contributed by atoms with Gasteiger partial charge in [-0.05, 0) is 44.3 Å². The molecular formula is C17H31N. The maximum Gasteiger partial charge on any atom is 0.0299 e. The van der Waals surface area contributed by atoms with Crippen LogP contribution in [0.5, 0.6) is 0 Å². The second kappa shape index (κ2) is 12.3. The van der Waals surface area contributed by atoms with Crippen LogP contribution in [-0.4, -0.2) is 6.21 Å². The number of nitrogens with zero attached hydrogens (tertiary/aromatic N) is 1. The summed E-state index contributed by atoms with van der Waals surface area (Å²) in [5.41, 5.74) is 3.90. The fourth-order valence-corrected chi connectivity index (χ4v) is 1.19. The van der Waals surface area contributed by atoms with Gasteiger partial charge in [-0.2, -0.15) is 0 Å². The zero-order valence-corrected chi connectivity index (χ0v) is 13.4. The van der Waals surface area contributed by atoms with Crippen molar-refractivity contribution in [3.63, 3.8) is 0 Å². The summed E-state index contributed by atoms with van der Waals surface area (Å²) < 4.78 is 0. The lowest BCUT2D eigenvalue weighted by molar-refractivity contribution is 0.655. The molecule has 0 heterocycles. The van der Waals surface area contributed by atoms with Crippen molar-refractivity contribution in [3.8, 4) is 0 Å². The van der Waals surface area contributed by atoms with Crippen LogP contribution >= 0.6 is 0 Å². The molecule has 0 aromatic carbocycles. The van der Waals surface area contributed by atoms with E-state index in [2.05, 4.69) is 66.1 Å². The zero-order valence-electron chi connectivity index (χ0n) is 13.4. The molecule has 0 N–H and O–H groups in total. The summed E-state index contributed by atoms with van der Waals surface area (Å²) in [6, 6.07) is 0. The van der Waals surface area contributed by atoms with Gasteiger partial charge in [0.25, 0.3) is 0 Å². The van der Waals surface area contributed by atoms with Gasteiger partial charge in [0, 0.05) is 12.4 Å². The van der Waals surface area contributed by atoms with Crippen molar-refractivity contribution in [2.24, 2.45) is 10.9 Å². The fourth-order valence-electron chi connectivity index (χ4n) is 1.19. The van der Waals surface area contributed by atoms with Crippen LogP contribution in [0.4, 0.5) is 0 Å². The Kier molecular flexibility index (Phi) is 13.2. The molecule has 0 aromatic heterocycles.